The number of rotatable bonds is 6. The van der Waals surface area contributed by atoms with Crippen LogP contribution in [0.15, 0.2) is 54.9 Å². The van der Waals surface area contributed by atoms with Crippen molar-refractivity contribution in [2.75, 3.05) is 29.6 Å². The summed E-state index contributed by atoms with van der Waals surface area (Å²) >= 11 is 0. The fourth-order valence-electron chi connectivity index (χ4n) is 2.44. The Morgan fingerprint density at radius 2 is 1.73 bits per heavy atom. The lowest BCUT2D eigenvalue weighted by atomic mass is 10.2. The number of nitrogens with zero attached hydrogens (tertiary/aromatic N) is 4. The Kier molecular flexibility index (Phi) is 5.17. The van der Waals surface area contributed by atoms with Gasteiger partial charge >= 0.3 is 0 Å². The van der Waals surface area contributed by atoms with Gasteiger partial charge in [0.1, 0.15) is 12.4 Å². The van der Waals surface area contributed by atoms with E-state index in [2.05, 4.69) is 20.6 Å². The van der Waals surface area contributed by atoms with E-state index < -0.39 is 0 Å². The molecule has 7 nitrogen and oxygen atoms in total. The van der Waals surface area contributed by atoms with Crippen LogP contribution in [0.2, 0.25) is 0 Å². The molecule has 2 aromatic heterocycles. The van der Waals surface area contributed by atoms with Gasteiger partial charge in [0, 0.05) is 49.6 Å². The van der Waals surface area contributed by atoms with Crippen LogP contribution in [0.5, 0.6) is 0 Å². The standard InChI is InChI=1S/C19H22N6O/c1-14-12-17(24(2)3)23-19(20-14)22-16-8-6-15(7-9-16)21-18(26)13-25-10-4-5-11-25/h4-12H,13H2,1-3H3,(H,21,26)(H,20,22,23). The summed E-state index contributed by atoms with van der Waals surface area (Å²) in [6.07, 6.45) is 3.72. The second kappa shape index (κ2) is 7.69. The van der Waals surface area contributed by atoms with Crippen molar-refractivity contribution in [1.29, 1.82) is 0 Å². The first-order chi connectivity index (χ1) is 12.5. The zero-order chi connectivity index (χ0) is 18.5. The maximum Gasteiger partial charge on any atom is 0.244 e. The molecule has 0 spiro atoms. The summed E-state index contributed by atoms with van der Waals surface area (Å²) in [6.45, 7) is 2.22. The molecule has 0 radical (unpaired) electrons. The van der Waals surface area contributed by atoms with Gasteiger partial charge in [0.15, 0.2) is 0 Å². The minimum absolute atomic E-state index is 0.0699. The Morgan fingerprint density at radius 1 is 1.08 bits per heavy atom. The Hall–Kier alpha value is -3.35. The molecule has 0 aliphatic rings. The zero-order valence-electron chi connectivity index (χ0n) is 15.1. The van der Waals surface area contributed by atoms with Crippen molar-refractivity contribution in [3.8, 4) is 0 Å². The molecular weight excluding hydrogens is 328 g/mol. The van der Waals surface area contributed by atoms with Crippen LogP contribution in [0.1, 0.15) is 5.69 Å². The van der Waals surface area contributed by atoms with Crippen LogP contribution >= 0.6 is 0 Å². The molecule has 2 N–H and O–H groups in total. The first-order valence-electron chi connectivity index (χ1n) is 8.30. The molecule has 0 bridgehead atoms. The third-order valence-corrected chi connectivity index (χ3v) is 3.72. The summed E-state index contributed by atoms with van der Waals surface area (Å²) in [5, 5.41) is 6.07. The van der Waals surface area contributed by atoms with E-state index in [1.807, 2.05) is 85.3 Å². The second-order valence-corrected chi connectivity index (χ2v) is 6.19. The Labute approximate surface area is 152 Å². The molecule has 0 aliphatic heterocycles. The number of carbonyl (C=O) groups excluding carboxylic acids is 1. The van der Waals surface area contributed by atoms with Gasteiger partial charge in [-0.1, -0.05) is 0 Å². The Balaban J connectivity index is 1.63. The average Bonchev–Trinajstić information content (AvgIpc) is 3.09. The maximum atomic E-state index is 12.0. The highest BCUT2D eigenvalue weighted by Crippen LogP contribution is 2.19. The molecule has 0 saturated heterocycles. The van der Waals surface area contributed by atoms with E-state index in [4.69, 9.17) is 0 Å². The summed E-state index contributed by atoms with van der Waals surface area (Å²) in [5.41, 5.74) is 2.48. The fraction of sp³-hybridized carbons (Fsp3) is 0.211. The molecule has 26 heavy (non-hydrogen) atoms. The number of aromatic nitrogens is 3. The van der Waals surface area contributed by atoms with Crippen LogP contribution in [0.3, 0.4) is 0 Å². The molecule has 1 aromatic carbocycles. The van der Waals surface area contributed by atoms with Crippen LogP contribution in [-0.4, -0.2) is 34.5 Å². The van der Waals surface area contributed by atoms with Gasteiger partial charge in [-0.05, 0) is 43.3 Å². The van der Waals surface area contributed by atoms with Crippen LogP contribution < -0.4 is 15.5 Å². The molecule has 134 valence electrons. The summed E-state index contributed by atoms with van der Waals surface area (Å²) in [6, 6.07) is 13.2. The highest BCUT2D eigenvalue weighted by Gasteiger charge is 2.06. The van der Waals surface area contributed by atoms with E-state index in [-0.39, 0.29) is 12.5 Å². The van der Waals surface area contributed by atoms with Crippen LogP contribution in [-0.2, 0) is 11.3 Å². The van der Waals surface area contributed by atoms with E-state index in [1.54, 1.807) is 0 Å². The second-order valence-electron chi connectivity index (χ2n) is 6.19. The number of benzene rings is 1. The van der Waals surface area contributed by atoms with E-state index in [9.17, 15) is 4.79 Å². The van der Waals surface area contributed by atoms with Gasteiger partial charge in [0.2, 0.25) is 11.9 Å². The number of nitrogens with one attached hydrogen (secondary N) is 2. The number of hydrogen-bond donors (Lipinski definition) is 2. The summed E-state index contributed by atoms with van der Waals surface area (Å²) in [5.74, 6) is 1.31. The Morgan fingerprint density at radius 3 is 2.38 bits per heavy atom. The summed E-state index contributed by atoms with van der Waals surface area (Å²) in [7, 11) is 3.88. The predicted molar refractivity (Wildman–Crippen MR) is 104 cm³/mol. The third-order valence-electron chi connectivity index (χ3n) is 3.72. The normalized spacial score (nSPS) is 10.4. The maximum absolute atomic E-state index is 12.0. The van der Waals surface area contributed by atoms with E-state index >= 15 is 0 Å². The molecule has 3 rings (SSSR count). The van der Waals surface area contributed by atoms with Crippen LogP contribution in [0.25, 0.3) is 0 Å². The number of anilines is 4. The fourth-order valence-corrected chi connectivity index (χ4v) is 2.44. The lowest BCUT2D eigenvalue weighted by Gasteiger charge is -2.14. The van der Waals surface area contributed by atoms with E-state index in [0.717, 1.165) is 22.9 Å². The number of amides is 1. The lowest BCUT2D eigenvalue weighted by Crippen LogP contribution is -2.17. The number of hydrogen-bond acceptors (Lipinski definition) is 5. The SMILES string of the molecule is Cc1cc(N(C)C)nc(Nc2ccc(NC(=O)Cn3cccc3)cc2)n1. The van der Waals surface area contributed by atoms with E-state index in [1.165, 1.54) is 0 Å². The molecule has 0 unspecified atom stereocenters. The smallest absolute Gasteiger partial charge is 0.244 e. The summed E-state index contributed by atoms with van der Waals surface area (Å²) in [4.78, 5) is 22.8. The van der Waals surface area contributed by atoms with Crippen molar-refractivity contribution in [3.63, 3.8) is 0 Å². The molecule has 1 amide bonds. The molecular formula is C19H22N6O. The van der Waals surface area contributed by atoms with Gasteiger partial charge < -0.3 is 20.1 Å². The molecule has 7 heteroatoms. The van der Waals surface area contributed by atoms with Gasteiger partial charge in [-0.25, -0.2) is 4.98 Å². The molecule has 0 atom stereocenters. The highest BCUT2D eigenvalue weighted by atomic mass is 16.1. The van der Waals surface area contributed by atoms with Crippen LogP contribution in [0, 0.1) is 6.92 Å². The van der Waals surface area contributed by atoms with Crippen molar-refractivity contribution in [2.45, 2.75) is 13.5 Å². The van der Waals surface area contributed by atoms with E-state index in [0.29, 0.717) is 5.95 Å². The minimum atomic E-state index is -0.0699. The number of aryl methyl sites for hydroxylation is 1. The average molecular weight is 350 g/mol. The predicted octanol–water partition coefficient (Wildman–Crippen LogP) is 3.03. The monoisotopic (exact) mass is 350 g/mol. The number of carbonyl (C=O) groups is 1. The van der Waals surface area contributed by atoms with Crippen molar-refractivity contribution in [2.24, 2.45) is 0 Å². The highest BCUT2D eigenvalue weighted by molar-refractivity contribution is 5.90. The third kappa shape index (κ3) is 4.60. The first-order valence-corrected chi connectivity index (χ1v) is 8.30. The Bertz CT molecular complexity index is 872. The van der Waals surface area contributed by atoms with Gasteiger partial charge in [0.05, 0.1) is 0 Å². The zero-order valence-corrected chi connectivity index (χ0v) is 15.1. The quantitative estimate of drug-likeness (QED) is 0.715. The van der Waals surface area contributed by atoms with Crippen molar-refractivity contribution in [1.82, 2.24) is 14.5 Å². The topological polar surface area (TPSA) is 75.1 Å². The van der Waals surface area contributed by atoms with Gasteiger partial charge in [-0.2, -0.15) is 4.98 Å². The van der Waals surface area contributed by atoms with Crippen molar-refractivity contribution in [3.05, 3.63) is 60.6 Å². The molecule has 3 aromatic rings. The van der Waals surface area contributed by atoms with Gasteiger partial charge in [-0.15, -0.1) is 0 Å². The van der Waals surface area contributed by atoms with Crippen LogP contribution in [0.4, 0.5) is 23.1 Å². The van der Waals surface area contributed by atoms with Gasteiger partial charge in [0.25, 0.3) is 0 Å². The lowest BCUT2D eigenvalue weighted by molar-refractivity contribution is -0.116. The summed E-state index contributed by atoms with van der Waals surface area (Å²) < 4.78 is 1.82. The molecule has 0 saturated carbocycles. The molecule has 2 heterocycles. The van der Waals surface area contributed by atoms with Gasteiger partial charge in [-0.3, -0.25) is 4.79 Å². The minimum Gasteiger partial charge on any atom is -0.363 e. The largest absolute Gasteiger partial charge is 0.363 e. The van der Waals surface area contributed by atoms with Crippen molar-refractivity contribution < 1.29 is 4.79 Å². The van der Waals surface area contributed by atoms with Crippen molar-refractivity contribution >= 4 is 29.0 Å². The first kappa shape index (κ1) is 17.5. The molecule has 0 aliphatic carbocycles. The molecule has 0 fully saturated rings.